The van der Waals surface area contributed by atoms with Crippen molar-refractivity contribution < 1.29 is 26.3 Å². The number of hydrogen-bond donors (Lipinski definition) is 1. The molecule has 0 amide bonds. The van der Waals surface area contributed by atoms with Crippen molar-refractivity contribution in [1.29, 1.82) is 0 Å². The lowest BCUT2D eigenvalue weighted by Gasteiger charge is -2.20. The molecule has 1 aliphatic heterocycles. The molecule has 30 heavy (non-hydrogen) atoms. The number of ether oxygens (including phenoxy) is 2. The molecular weight excluding hydrogens is 428 g/mol. The molecule has 0 spiro atoms. The summed E-state index contributed by atoms with van der Waals surface area (Å²) in [5.74, 6) is 0.707. The smallest absolute Gasteiger partial charge is 0.262 e. The van der Waals surface area contributed by atoms with Gasteiger partial charge in [0.1, 0.15) is 0 Å². The maximum absolute atomic E-state index is 12.9. The first kappa shape index (κ1) is 22.4. The van der Waals surface area contributed by atoms with Crippen LogP contribution in [0.2, 0.25) is 0 Å². The zero-order valence-electron chi connectivity index (χ0n) is 17.0. The Labute approximate surface area is 177 Å². The minimum absolute atomic E-state index is 0.00131. The molecule has 1 fully saturated rings. The van der Waals surface area contributed by atoms with Crippen molar-refractivity contribution in [3.63, 3.8) is 0 Å². The van der Waals surface area contributed by atoms with Gasteiger partial charge in [0.25, 0.3) is 10.0 Å². The van der Waals surface area contributed by atoms with Gasteiger partial charge in [0.05, 0.1) is 24.0 Å². The van der Waals surface area contributed by atoms with Crippen LogP contribution < -0.4 is 14.2 Å². The number of hydrogen-bond acceptors (Lipinski definition) is 6. The molecule has 0 aliphatic carbocycles. The van der Waals surface area contributed by atoms with Crippen LogP contribution >= 0.6 is 0 Å². The van der Waals surface area contributed by atoms with Gasteiger partial charge in [-0.1, -0.05) is 12.8 Å². The van der Waals surface area contributed by atoms with Crippen molar-refractivity contribution in [3.8, 4) is 11.5 Å². The van der Waals surface area contributed by atoms with E-state index in [0.717, 1.165) is 25.7 Å². The van der Waals surface area contributed by atoms with Crippen molar-refractivity contribution in [2.45, 2.75) is 35.5 Å². The van der Waals surface area contributed by atoms with Crippen LogP contribution in [-0.4, -0.2) is 48.4 Å². The van der Waals surface area contributed by atoms with Crippen LogP contribution in [0, 0.1) is 0 Å². The topological polar surface area (TPSA) is 102 Å². The minimum atomic E-state index is -3.89. The van der Waals surface area contributed by atoms with Gasteiger partial charge in [0.15, 0.2) is 11.5 Å². The van der Waals surface area contributed by atoms with Gasteiger partial charge in [-0.2, -0.15) is 4.31 Å². The summed E-state index contributed by atoms with van der Waals surface area (Å²) in [6.07, 6.45) is 3.76. The van der Waals surface area contributed by atoms with Crippen LogP contribution in [0.3, 0.4) is 0 Å². The third-order valence-corrected chi connectivity index (χ3v) is 8.27. The van der Waals surface area contributed by atoms with Crippen LogP contribution in [0.15, 0.2) is 52.3 Å². The molecule has 10 heteroatoms. The van der Waals surface area contributed by atoms with E-state index in [9.17, 15) is 16.8 Å². The van der Waals surface area contributed by atoms with E-state index < -0.39 is 20.0 Å². The summed E-state index contributed by atoms with van der Waals surface area (Å²) < 4.78 is 65.3. The zero-order chi connectivity index (χ0) is 21.8. The highest BCUT2D eigenvalue weighted by Gasteiger charge is 2.25. The fourth-order valence-corrected chi connectivity index (χ4v) is 5.91. The van der Waals surface area contributed by atoms with Crippen molar-refractivity contribution in [2.75, 3.05) is 32.0 Å². The van der Waals surface area contributed by atoms with Gasteiger partial charge in [0.2, 0.25) is 10.0 Å². The molecule has 1 aliphatic rings. The molecule has 8 nitrogen and oxygen atoms in total. The third kappa shape index (κ3) is 4.88. The molecule has 0 unspecified atom stereocenters. The Bertz CT molecular complexity index is 1070. The Morgan fingerprint density at radius 1 is 0.767 bits per heavy atom. The van der Waals surface area contributed by atoms with Gasteiger partial charge in [-0.05, 0) is 49.2 Å². The summed E-state index contributed by atoms with van der Waals surface area (Å²) in [7, 11) is -4.59. The maximum atomic E-state index is 12.9. The Morgan fingerprint density at radius 2 is 1.33 bits per heavy atom. The number of benzene rings is 2. The standard InChI is InChI=1S/C20H26N2O6S2/c1-27-19-12-11-18(15-20(19)28-2)29(23,24)21-16-7-9-17(10-8-16)30(25,26)22-13-5-3-4-6-14-22/h7-12,15,21H,3-6,13-14H2,1-2H3. The Kier molecular flexibility index (Phi) is 6.89. The number of rotatable bonds is 7. The second kappa shape index (κ2) is 9.23. The van der Waals surface area contributed by atoms with E-state index in [1.165, 1.54) is 61.0 Å². The molecular formula is C20H26N2O6S2. The third-order valence-electron chi connectivity index (χ3n) is 4.97. The molecule has 1 heterocycles. The first-order valence-corrected chi connectivity index (χ1v) is 12.6. The summed E-state index contributed by atoms with van der Waals surface area (Å²) in [6.45, 7) is 1.02. The van der Waals surface area contributed by atoms with E-state index in [4.69, 9.17) is 9.47 Å². The molecule has 2 aromatic carbocycles. The van der Waals surface area contributed by atoms with Crippen LogP contribution in [-0.2, 0) is 20.0 Å². The second-order valence-corrected chi connectivity index (χ2v) is 10.6. The lowest BCUT2D eigenvalue weighted by atomic mass is 10.2. The first-order chi connectivity index (χ1) is 14.3. The number of anilines is 1. The Balaban J connectivity index is 1.79. The van der Waals surface area contributed by atoms with Gasteiger partial charge in [-0.25, -0.2) is 16.8 Å². The minimum Gasteiger partial charge on any atom is -0.493 e. The molecule has 2 aromatic rings. The second-order valence-electron chi connectivity index (χ2n) is 6.96. The van der Waals surface area contributed by atoms with Crippen LogP contribution in [0.5, 0.6) is 11.5 Å². The van der Waals surface area contributed by atoms with E-state index in [1.54, 1.807) is 0 Å². The van der Waals surface area contributed by atoms with E-state index in [-0.39, 0.29) is 15.5 Å². The summed E-state index contributed by atoms with van der Waals surface area (Å²) >= 11 is 0. The lowest BCUT2D eigenvalue weighted by Crippen LogP contribution is -2.31. The number of sulfonamides is 2. The molecule has 164 valence electrons. The highest BCUT2D eigenvalue weighted by atomic mass is 32.2. The quantitative estimate of drug-likeness (QED) is 0.690. The van der Waals surface area contributed by atoms with E-state index in [0.29, 0.717) is 24.6 Å². The van der Waals surface area contributed by atoms with E-state index in [1.807, 2.05) is 0 Å². The van der Waals surface area contributed by atoms with E-state index >= 15 is 0 Å². The van der Waals surface area contributed by atoms with Gasteiger partial charge in [0, 0.05) is 24.8 Å². The molecule has 0 aromatic heterocycles. The largest absolute Gasteiger partial charge is 0.493 e. The van der Waals surface area contributed by atoms with E-state index in [2.05, 4.69) is 4.72 Å². The molecule has 0 radical (unpaired) electrons. The van der Waals surface area contributed by atoms with Crippen LogP contribution in [0.4, 0.5) is 5.69 Å². The van der Waals surface area contributed by atoms with Gasteiger partial charge in [-0.15, -0.1) is 0 Å². The summed E-state index contributed by atoms with van der Waals surface area (Å²) in [5, 5.41) is 0. The van der Waals surface area contributed by atoms with Crippen LogP contribution in [0.1, 0.15) is 25.7 Å². The Hall–Kier alpha value is -2.30. The van der Waals surface area contributed by atoms with Gasteiger partial charge >= 0.3 is 0 Å². The highest BCUT2D eigenvalue weighted by Crippen LogP contribution is 2.30. The fraction of sp³-hybridized carbons (Fsp3) is 0.400. The summed E-state index contributed by atoms with van der Waals surface area (Å²) in [5.41, 5.74) is 0.264. The SMILES string of the molecule is COc1ccc(S(=O)(=O)Nc2ccc(S(=O)(=O)N3CCCCCC3)cc2)cc1OC. The molecule has 0 atom stereocenters. The number of nitrogens with zero attached hydrogens (tertiary/aromatic N) is 1. The molecule has 1 N–H and O–H groups in total. The first-order valence-electron chi connectivity index (χ1n) is 9.63. The van der Waals surface area contributed by atoms with Crippen molar-refractivity contribution in [1.82, 2.24) is 4.31 Å². The number of nitrogens with one attached hydrogen (secondary N) is 1. The normalized spacial score (nSPS) is 15.9. The fourth-order valence-electron chi connectivity index (χ4n) is 3.32. The molecule has 0 bridgehead atoms. The van der Waals surface area contributed by atoms with Crippen LogP contribution in [0.25, 0.3) is 0 Å². The average Bonchev–Trinajstić information content (AvgIpc) is 3.03. The van der Waals surface area contributed by atoms with Crippen molar-refractivity contribution >= 4 is 25.7 Å². The monoisotopic (exact) mass is 454 g/mol. The zero-order valence-corrected chi connectivity index (χ0v) is 18.6. The lowest BCUT2D eigenvalue weighted by molar-refractivity contribution is 0.354. The average molecular weight is 455 g/mol. The van der Waals surface area contributed by atoms with Gasteiger partial charge < -0.3 is 9.47 Å². The van der Waals surface area contributed by atoms with Crippen molar-refractivity contribution in [3.05, 3.63) is 42.5 Å². The maximum Gasteiger partial charge on any atom is 0.262 e. The predicted octanol–water partition coefficient (Wildman–Crippen LogP) is 3.07. The molecule has 1 saturated heterocycles. The number of methoxy groups -OCH3 is 2. The van der Waals surface area contributed by atoms with Crippen molar-refractivity contribution in [2.24, 2.45) is 0 Å². The Morgan fingerprint density at radius 3 is 1.90 bits per heavy atom. The summed E-state index contributed by atoms with van der Waals surface area (Å²) in [4.78, 5) is 0.153. The van der Waals surface area contributed by atoms with Gasteiger partial charge in [-0.3, -0.25) is 4.72 Å². The molecule has 0 saturated carbocycles. The molecule has 3 rings (SSSR count). The summed E-state index contributed by atoms with van der Waals surface area (Å²) in [6, 6.07) is 10.0. The predicted molar refractivity (Wildman–Crippen MR) is 114 cm³/mol. The highest BCUT2D eigenvalue weighted by molar-refractivity contribution is 7.92.